The number of amides is 1. The number of hydrogen-bond donors (Lipinski definition) is 0. The lowest BCUT2D eigenvalue weighted by molar-refractivity contribution is 0.0303. The van der Waals surface area contributed by atoms with Gasteiger partial charge in [-0.3, -0.25) is 9.36 Å². The van der Waals surface area contributed by atoms with Crippen LogP contribution >= 0.6 is 15.9 Å². The number of benzene rings is 2. The zero-order valence-corrected chi connectivity index (χ0v) is 15.5. The monoisotopic (exact) mass is 399 g/mol. The summed E-state index contributed by atoms with van der Waals surface area (Å²) in [7, 11) is 0. The molecule has 0 spiro atoms. The summed E-state index contributed by atoms with van der Waals surface area (Å²) in [4.78, 5) is 19.2. The summed E-state index contributed by atoms with van der Waals surface area (Å²) in [6.07, 6.45) is 0. The van der Waals surface area contributed by atoms with E-state index in [0.717, 1.165) is 27.0 Å². The van der Waals surface area contributed by atoms with E-state index in [1.165, 1.54) is 0 Å². The van der Waals surface area contributed by atoms with E-state index in [2.05, 4.69) is 25.5 Å². The molecule has 1 amide bonds. The van der Waals surface area contributed by atoms with Crippen molar-refractivity contribution in [3.63, 3.8) is 0 Å². The summed E-state index contributed by atoms with van der Waals surface area (Å²) in [5.41, 5.74) is 3.56. The molecule has 1 saturated heterocycles. The summed E-state index contributed by atoms with van der Waals surface area (Å²) in [6.45, 7) is 4.47. The second kappa shape index (κ2) is 6.61. The molecule has 0 saturated carbocycles. The predicted octanol–water partition coefficient (Wildman–Crippen LogP) is 3.57. The SMILES string of the molecule is Cc1nc2cc(C(=O)N3CCOCC3)ccc2n1-c1ccc(Br)cc1. The van der Waals surface area contributed by atoms with E-state index in [9.17, 15) is 4.79 Å². The molecule has 4 rings (SSSR count). The number of rotatable bonds is 2. The third-order valence-electron chi connectivity index (χ3n) is 4.45. The molecular weight excluding hydrogens is 382 g/mol. The molecule has 2 heterocycles. The van der Waals surface area contributed by atoms with Crippen LogP contribution in [-0.2, 0) is 4.74 Å². The topological polar surface area (TPSA) is 47.4 Å². The Kier molecular flexibility index (Phi) is 4.31. The van der Waals surface area contributed by atoms with Crippen LogP contribution in [-0.4, -0.2) is 46.7 Å². The lowest BCUT2D eigenvalue weighted by atomic mass is 10.1. The Balaban J connectivity index is 1.73. The van der Waals surface area contributed by atoms with Crippen LogP contribution in [0, 0.1) is 6.92 Å². The minimum Gasteiger partial charge on any atom is -0.378 e. The van der Waals surface area contributed by atoms with Crippen LogP contribution in [0.4, 0.5) is 0 Å². The van der Waals surface area contributed by atoms with Gasteiger partial charge in [0.25, 0.3) is 5.91 Å². The average molecular weight is 400 g/mol. The minimum absolute atomic E-state index is 0.0426. The average Bonchev–Trinajstić information content (AvgIpc) is 2.97. The van der Waals surface area contributed by atoms with Crippen LogP contribution in [0.1, 0.15) is 16.2 Å². The molecule has 0 radical (unpaired) electrons. The summed E-state index contributed by atoms with van der Waals surface area (Å²) in [5, 5.41) is 0. The van der Waals surface area contributed by atoms with Crippen molar-refractivity contribution < 1.29 is 9.53 Å². The maximum Gasteiger partial charge on any atom is 0.254 e. The normalized spacial score (nSPS) is 14.9. The number of halogens is 1. The Labute approximate surface area is 154 Å². The highest BCUT2D eigenvalue weighted by atomic mass is 79.9. The standard InChI is InChI=1S/C19H18BrN3O2/c1-13-21-17-12-14(19(24)22-8-10-25-11-9-22)2-7-18(17)23(13)16-5-3-15(20)4-6-16/h2-7,12H,8-11H2,1H3. The third kappa shape index (κ3) is 3.07. The van der Waals surface area contributed by atoms with Crippen molar-refractivity contribution in [1.29, 1.82) is 0 Å². The lowest BCUT2D eigenvalue weighted by Crippen LogP contribution is -2.40. The predicted molar refractivity (Wildman–Crippen MR) is 100 cm³/mol. The molecule has 0 N–H and O–H groups in total. The van der Waals surface area contributed by atoms with Crippen LogP contribution in [0.2, 0.25) is 0 Å². The van der Waals surface area contributed by atoms with Gasteiger partial charge >= 0.3 is 0 Å². The molecule has 0 bridgehead atoms. The molecule has 2 aromatic carbocycles. The van der Waals surface area contributed by atoms with Gasteiger partial charge in [-0.15, -0.1) is 0 Å². The van der Waals surface area contributed by atoms with E-state index in [1.54, 1.807) is 0 Å². The molecule has 1 aromatic heterocycles. The van der Waals surface area contributed by atoms with E-state index in [0.29, 0.717) is 31.9 Å². The maximum atomic E-state index is 12.7. The summed E-state index contributed by atoms with van der Waals surface area (Å²) >= 11 is 3.46. The van der Waals surface area contributed by atoms with Gasteiger partial charge in [-0.25, -0.2) is 4.98 Å². The molecule has 25 heavy (non-hydrogen) atoms. The molecular formula is C19H18BrN3O2. The third-order valence-corrected chi connectivity index (χ3v) is 4.98. The molecule has 0 unspecified atom stereocenters. The van der Waals surface area contributed by atoms with Gasteiger partial charge in [0.05, 0.1) is 24.2 Å². The van der Waals surface area contributed by atoms with Gasteiger partial charge in [0.15, 0.2) is 0 Å². The Morgan fingerprint density at radius 1 is 1.12 bits per heavy atom. The van der Waals surface area contributed by atoms with Gasteiger partial charge in [0.1, 0.15) is 5.82 Å². The highest BCUT2D eigenvalue weighted by Crippen LogP contribution is 2.24. The fourth-order valence-corrected chi connectivity index (χ4v) is 3.46. The summed E-state index contributed by atoms with van der Waals surface area (Å²) in [5.74, 6) is 0.939. The number of morpholine rings is 1. The highest BCUT2D eigenvalue weighted by molar-refractivity contribution is 9.10. The number of carbonyl (C=O) groups is 1. The Morgan fingerprint density at radius 2 is 1.84 bits per heavy atom. The van der Waals surface area contributed by atoms with Crippen LogP contribution in [0.15, 0.2) is 46.9 Å². The highest BCUT2D eigenvalue weighted by Gasteiger charge is 2.20. The number of nitrogens with zero attached hydrogens (tertiary/aromatic N) is 3. The van der Waals surface area contributed by atoms with Crippen molar-refractivity contribution in [2.45, 2.75) is 6.92 Å². The second-order valence-corrected chi connectivity index (χ2v) is 6.99. The van der Waals surface area contributed by atoms with Gasteiger partial charge in [0.2, 0.25) is 0 Å². The first-order chi connectivity index (χ1) is 12.1. The number of aryl methyl sites for hydroxylation is 1. The van der Waals surface area contributed by atoms with Gasteiger partial charge in [-0.2, -0.15) is 0 Å². The maximum absolute atomic E-state index is 12.7. The molecule has 5 nitrogen and oxygen atoms in total. The van der Waals surface area contributed by atoms with Gasteiger partial charge in [-0.05, 0) is 49.4 Å². The molecule has 1 aliphatic rings. The molecule has 0 aliphatic carbocycles. The van der Waals surface area contributed by atoms with Crippen LogP contribution < -0.4 is 0 Å². The van der Waals surface area contributed by atoms with Crippen molar-refractivity contribution in [2.75, 3.05) is 26.3 Å². The van der Waals surface area contributed by atoms with E-state index < -0.39 is 0 Å². The number of aromatic nitrogens is 2. The number of imidazole rings is 1. The number of ether oxygens (including phenoxy) is 1. The van der Waals surface area contributed by atoms with E-state index in [-0.39, 0.29) is 5.91 Å². The number of hydrogen-bond acceptors (Lipinski definition) is 3. The Morgan fingerprint density at radius 3 is 2.56 bits per heavy atom. The number of carbonyl (C=O) groups excluding carboxylic acids is 1. The lowest BCUT2D eigenvalue weighted by Gasteiger charge is -2.26. The van der Waals surface area contributed by atoms with Gasteiger partial charge in [-0.1, -0.05) is 15.9 Å². The van der Waals surface area contributed by atoms with E-state index >= 15 is 0 Å². The zero-order chi connectivity index (χ0) is 17.4. The van der Waals surface area contributed by atoms with Crippen LogP contribution in [0.5, 0.6) is 0 Å². The Bertz CT molecular complexity index is 928. The molecule has 1 aliphatic heterocycles. The Hall–Kier alpha value is -2.18. The van der Waals surface area contributed by atoms with E-state index in [4.69, 9.17) is 4.74 Å². The molecule has 128 valence electrons. The van der Waals surface area contributed by atoms with Crippen molar-refractivity contribution in [3.05, 3.63) is 58.3 Å². The van der Waals surface area contributed by atoms with Crippen molar-refractivity contribution >= 4 is 32.9 Å². The smallest absolute Gasteiger partial charge is 0.254 e. The first-order valence-electron chi connectivity index (χ1n) is 8.25. The van der Waals surface area contributed by atoms with E-state index in [1.807, 2.05) is 54.3 Å². The van der Waals surface area contributed by atoms with Crippen molar-refractivity contribution in [3.8, 4) is 5.69 Å². The zero-order valence-electron chi connectivity index (χ0n) is 13.9. The second-order valence-electron chi connectivity index (χ2n) is 6.08. The molecule has 1 fully saturated rings. The van der Waals surface area contributed by atoms with Crippen LogP contribution in [0.3, 0.4) is 0 Å². The van der Waals surface area contributed by atoms with Crippen LogP contribution in [0.25, 0.3) is 16.7 Å². The number of fused-ring (bicyclic) bond motifs is 1. The fraction of sp³-hybridized carbons (Fsp3) is 0.263. The largest absolute Gasteiger partial charge is 0.378 e. The van der Waals surface area contributed by atoms with Crippen molar-refractivity contribution in [1.82, 2.24) is 14.5 Å². The molecule has 0 atom stereocenters. The fourth-order valence-electron chi connectivity index (χ4n) is 3.20. The van der Waals surface area contributed by atoms with Crippen molar-refractivity contribution in [2.24, 2.45) is 0 Å². The first-order valence-corrected chi connectivity index (χ1v) is 9.05. The van der Waals surface area contributed by atoms with Gasteiger partial charge in [0, 0.05) is 28.8 Å². The summed E-state index contributed by atoms with van der Waals surface area (Å²) < 4.78 is 8.46. The minimum atomic E-state index is 0.0426. The van der Waals surface area contributed by atoms with Gasteiger partial charge < -0.3 is 9.64 Å². The molecule has 6 heteroatoms. The quantitative estimate of drug-likeness (QED) is 0.661. The molecule has 3 aromatic rings. The first kappa shape index (κ1) is 16.3. The summed E-state index contributed by atoms with van der Waals surface area (Å²) in [6, 6.07) is 13.9.